The number of amides is 2. The Morgan fingerprint density at radius 1 is 1.42 bits per heavy atom. The van der Waals surface area contributed by atoms with Gasteiger partial charge in [-0.3, -0.25) is 14.6 Å². The molecule has 0 saturated carbocycles. The van der Waals surface area contributed by atoms with Crippen molar-refractivity contribution in [2.45, 2.75) is 25.8 Å². The van der Waals surface area contributed by atoms with Gasteiger partial charge < -0.3 is 10.6 Å². The third-order valence-electron chi connectivity index (χ3n) is 2.52. The van der Waals surface area contributed by atoms with Gasteiger partial charge in [-0.1, -0.05) is 6.07 Å². The largest absolute Gasteiger partial charge is 0.354 e. The van der Waals surface area contributed by atoms with Crippen LogP contribution in [0.3, 0.4) is 0 Å². The molecule has 1 aromatic rings. The fraction of sp³-hybridized carbons (Fsp3) is 0.462. The number of carbonyl (C=O) groups is 2. The zero-order chi connectivity index (χ0) is 14.1. The monoisotopic (exact) mass is 281 g/mol. The van der Waals surface area contributed by atoms with Crippen molar-refractivity contribution in [1.29, 1.82) is 0 Å². The lowest BCUT2D eigenvalue weighted by Crippen LogP contribution is -2.46. The summed E-state index contributed by atoms with van der Waals surface area (Å²) in [6.07, 6.45) is 2.90. The lowest BCUT2D eigenvalue weighted by Gasteiger charge is -2.16. The van der Waals surface area contributed by atoms with Gasteiger partial charge in [0, 0.05) is 31.8 Å². The molecule has 0 aliphatic carbocycles. The molecule has 0 bridgehead atoms. The summed E-state index contributed by atoms with van der Waals surface area (Å²) in [7, 11) is 0. The van der Waals surface area contributed by atoms with Gasteiger partial charge in [0.2, 0.25) is 11.8 Å². The smallest absolute Gasteiger partial charge is 0.242 e. The summed E-state index contributed by atoms with van der Waals surface area (Å²) in [4.78, 5) is 27.1. The number of pyridine rings is 1. The molecule has 0 aromatic carbocycles. The highest BCUT2D eigenvalue weighted by Crippen LogP contribution is 1.97. The average molecular weight is 281 g/mol. The van der Waals surface area contributed by atoms with E-state index in [0.717, 1.165) is 5.69 Å². The van der Waals surface area contributed by atoms with Crippen molar-refractivity contribution in [2.24, 2.45) is 0 Å². The minimum atomic E-state index is -0.515. The summed E-state index contributed by atoms with van der Waals surface area (Å²) < 4.78 is 0. The maximum absolute atomic E-state index is 11.9. The first-order valence-corrected chi connectivity index (χ1v) is 6.82. The van der Waals surface area contributed by atoms with Gasteiger partial charge in [-0.2, -0.15) is 12.6 Å². The van der Waals surface area contributed by atoms with Gasteiger partial charge in [0.15, 0.2) is 0 Å². The second-order valence-electron chi connectivity index (χ2n) is 4.13. The summed E-state index contributed by atoms with van der Waals surface area (Å²) in [5.74, 6) is 0.144. The fourth-order valence-corrected chi connectivity index (χ4v) is 1.88. The van der Waals surface area contributed by atoms with Gasteiger partial charge in [-0.15, -0.1) is 0 Å². The Labute approximate surface area is 118 Å². The van der Waals surface area contributed by atoms with Gasteiger partial charge in [-0.05, 0) is 24.3 Å². The lowest BCUT2D eigenvalue weighted by molar-refractivity contribution is -0.128. The van der Waals surface area contributed by atoms with E-state index in [1.807, 2.05) is 18.2 Å². The third kappa shape index (κ3) is 6.24. The average Bonchev–Trinajstić information content (AvgIpc) is 2.39. The molecule has 0 spiro atoms. The van der Waals surface area contributed by atoms with E-state index in [0.29, 0.717) is 25.1 Å². The van der Waals surface area contributed by atoms with E-state index < -0.39 is 6.04 Å². The van der Waals surface area contributed by atoms with E-state index in [9.17, 15) is 9.59 Å². The predicted molar refractivity (Wildman–Crippen MR) is 77.0 cm³/mol. The zero-order valence-corrected chi connectivity index (χ0v) is 11.8. The quantitative estimate of drug-likeness (QED) is 0.640. The molecule has 6 heteroatoms. The highest BCUT2D eigenvalue weighted by Gasteiger charge is 2.17. The maximum atomic E-state index is 11.9. The van der Waals surface area contributed by atoms with E-state index in [1.165, 1.54) is 6.92 Å². The summed E-state index contributed by atoms with van der Waals surface area (Å²) in [6, 6.07) is 5.15. The van der Waals surface area contributed by atoms with Crippen molar-refractivity contribution >= 4 is 24.4 Å². The van der Waals surface area contributed by atoms with Crippen molar-refractivity contribution in [1.82, 2.24) is 15.6 Å². The molecule has 5 nitrogen and oxygen atoms in total. The van der Waals surface area contributed by atoms with Gasteiger partial charge >= 0.3 is 0 Å². The molecule has 1 aromatic heterocycles. The Morgan fingerprint density at radius 2 is 2.21 bits per heavy atom. The molecule has 19 heavy (non-hydrogen) atoms. The third-order valence-corrected chi connectivity index (χ3v) is 2.78. The predicted octanol–water partition coefficient (Wildman–Crippen LogP) is 0.565. The van der Waals surface area contributed by atoms with Gasteiger partial charge in [-0.25, -0.2) is 0 Å². The van der Waals surface area contributed by atoms with Crippen LogP contribution in [-0.4, -0.2) is 35.1 Å². The van der Waals surface area contributed by atoms with E-state index in [-0.39, 0.29) is 11.8 Å². The maximum Gasteiger partial charge on any atom is 0.242 e. The van der Waals surface area contributed by atoms with Crippen molar-refractivity contribution < 1.29 is 9.59 Å². The molecular weight excluding hydrogens is 262 g/mol. The SMILES string of the molecule is CC(=O)NC(CCS)C(=O)NCCc1ccccn1. The second-order valence-corrected chi connectivity index (χ2v) is 4.57. The molecule has 1 unspecified atom stereocenters. The molecule has 1 heterocycles. The van der Waals surface area contributed by atoms with Crippen LogP contribution >= 0.6 is 12.6 Å². The fourth-order valence-electron chi connectivity index (χ4n) is 1.63. The van der Waals surface area contributed by atoms with Gasteiger partial charge in [0.1, 0.15) is 6.04 Å². The molecule has 0 saturated heterocycles. The minimum absolute atomic E-state index is 0.180. The summed E-state index contributed by atoms with van der Waals surface area (Å²) >= 11 is 4.08. The van der Waals surface area contributed by atoms with Crippen LogP contribution in [0.25, 0.3) is 0 Å². The highest BCUT2D eigenvalue weighted by molar-refractivity contribution is 7.80. The first-order chi connectivity index (χ1) is 9.13. The summed E-state index contributed by atoms with van der Waals surface area (Å²) in [5.41, 5.74) is 0.924. The Morgan fingerprint density at radius 3 is 2.79 bits per heavy atom. The second kappa shape index (κ2) is 8.53. The molecule has 0 fully saturated rings. The first kappa shape index (κ1) is 15.5. The number of carbonyl (C=O) groups excluding carboxylic acids is 2. The van der Waals surface area contributed by atoms with Gasteiger partial charge in [0.05, 0.1) is 0 Å². The van der Waals surface area contributed by atoms with Crippen LogP contribution in [0.2, 0.25) is 0 Å². The number of thiol groups is 1. The Hall–Kier alpha value is -1.56. The van der Waals surface area contributed by atoms with Crippen molar-refractivity contribution in [3.05, 3.63) is 30.1 Å². The number of rotatable bonds is 7. The molecule has 104 valence electrons. The molecule has 1 rings (SSSR count). The molecule has 0 aliphatic rings. The number of nitrogens with one attached hydrogen (secondary N) is 2. The van der Waals surface area contributed by atoms with E-state index in [4.69, 9.17) is 0 Å². The molecule has 1 atom stereocenters. The zero-order valence-electron chi connectivity index (χ0n) is 10.9. The van der Waals surface area contributed by atoms with Crippen LogP contribution in [0.5, 0.6) is 0 Å². The van der Waals surface area contributed by atoms with E-state index in [1.54, 1.807) is 6.20 Å². The van der Waals surface area contributed by atoms with Crippen molar-refractivity contribution in [3.8, 4) is 0 Å². The topological polar surface area (TPSA) is 71.1 Å². The highest BCUT2D eigenvalue weighted by atomic mass is 32.1. The molecule has 0 radical (unpaired) electrons. The Balaban J connectivity index is 2.37. The van der Waals surface area contributed by atoms with Crippen LogP contribution in [0, 0.1) is 0 Å². The molecular formula is C13H19N3O2S. The molecule has 2 N–H and O–H groups in total. The van der Waals surface area contributed by atoms with Crippen molar-refractivity contribution in [2.75, 3.05) is 12.3 Å². The Kier molecular flexibility index (Phi) is 6.95. The first-order valence-electron chi connectivity index (χ1n) is 6.19. The molecule has 0 aliphatic heterocycles. The van der Waals surface area contributed by atoms with Crippen LogP contribution < -0.4 is 10.6 Å². The summed E-state index contributed by atoms with van der Waals surface area (Å²) in [6.45, 7) is 1.89. The van der Waals surface area contributed by atoms with Crippen LogP contribution in [0.1, 0.15) is 19.0 Å². The Bertz CT molecular complexity index is 412. The van der Waals surface area contributed by atoms with Crippen LogP contribution in [-0.2, 0) is 16.0 Å². The number of nitrogens with zero attached hydrogens (tertiary/aromatic N) is 1. The normalized spacial score (nSPS) is 11.7. The molecule has 2 amide bonds. The number of hydrogen-bond acceptors (Lipinski definition) is 4. The van der Waals surface area contributed by atoms with Gasteiger partial charge in [0.25, 0.3) is 0 Å². The van der Waals surface area contributed by atoms with E-state index in [2.05, 4.69) is 28.2 Å². The standard InChI is InChI=1S/C13H19N3O2S/c1-10(17)16-12(6-9-19)13(18)15-8-5-11-4-2-3-7-14-11/h2-4,7,12,19H,5-6,8-9H2,1H3,(H,15,18)(H,16,17). The van der Waals surface area contributed by atoms with Crippen molar-refractivity contribution in [3.63, 3.8) is 0 Å². The lowest BCUT2D eigenvalue weighted by atomic mass is 10.2. The van der Waals surface area contributed by atoms with Crippen LogP contribution in [0.4, 0.5) is 0 Å². The number of aromatic nitrogens is 1. The number of hydrogen-bond donors (Lipinski definition) is 3. The summed E-state index contributed by atoms with van der Waals surface area (Å²) in [5, 5.41) is 5.41. The minimum Gasteiger partial charge on any atom is -0.354 e. The van der Waals surface area contributed by atoms with E-state index >= 15 is 0 Å². The van der Waals surface area contributed by atoms with Crippen LogP contribution in [0.15, 0.2) is 24.4 Å².